The molecule has 1 saturated heterocycles. The Kier molecular flexibility index (Phi) is 7.00. The number of hydrogen-bond donors (Lipinski definition) is 2. The lowest BCUT2D eigenvalue weighted by Crippen LogP contribution is -2.44. The molecule has 0 radical (unpaired) electrons. The summed E-state index contributed by atoms with van der Waals surface area (Å²) in [5, 5.41) is 6.67. The van der Waals surface area contributed by atoms with E-state index >= 15 is 0 Å². The van der Waals surface area contributed by atoms with E-state index in [1.807, 2.05) is 24.3 Å². The molecule has 1 amide bonds. The summed E-state index contributed by atoms with van der Waals surface area (Å²) in [4.78, 5) is 15.1. The van der Waals surface area contributed by atoms with Crippen LogP contribution in [0.2, 0.25) is 0 Å². The van der Waals surface area contributed by atoms with Crippen LogP contribution in [0, 0.1) is 0 Å². The number of amides is 1. The predicted molar refractivity (Wildman–Crippen MR) is 142 cm³/mol. The number of rotatable bonds is 7. The summed E-state index contributed by atoms with van der Waals surface area (Å²) in [5.74, 6) is 2.17. The second-order valence-corrected chi connectivity index (χ2v) is 9.33. The second-order valence-electron chi connectivity index (χ2n) is 9.33. The number of anilines is 2. The molecular formula is C29H33N3O4. The highest BCUT2D eigenvalue weighted by atomic mass is 16.5. The van der Waals surface area contributed by atoms with E-state index in [1.54, 1.807) is 45.6 Å². The van der Waals surface area contributed by atoms with E-state index < -0.39 is 0 Å². The lowest BCUT2D eigenvalue weighted by molar-refractivity contribution is 0.102. The fraction of sp³-hybridized carbons (Fsp3) is 0.345. The van der Waals surface area contributed by atoms with Gasteiger partial charge in [0.1, 0.15) is 5.75 Å². The number of ether oxygens (including phenoxy) is 3. The molecule has 3 aromatic rings. The van der Waals surface area contributed by atoms with Crippen LogP contribution in [0.25, 0.3) is 0 Å². The van der Waals surface area contributed by atoms with Crippen LogP contribution in [-0.4, -0.2) is 51.3 Å². The maximum atomic E-state index is 12.5. The Bertz CT molecular complexity index is 1210. The van der Waals surface area contributed by atoms with Crippen LogP contribution in [0.3, 0.4) is 0 Å². The van der Waals surface area contributed by atoms with Crippen LogP contribution >= 0.6 is 0 Å². The molecule has 7 nitrogen and oxygen atoms in total. The average molecular weight is 488 g/mol. The van der Waals surface area contributed by atoms with Gasteiger partial charge in [-0.2, -0.15) is 0 Å². The van der Waals surface area contributed by atoms with Crippen molar-refractivity contribution >= 4 is 17.3 Å². The van der Waals surface area contributed by atoms with Crippen molar-refractivity contribution in [3.63, 3.8) is 0 Å². The van der Waals surface area contributed by atoms with Gasteiger partial charge in [0.25, 0.3) is 5.91 Å². The highest BCUT2D eigenvalue weighted by Gasteiger charge is 2.34. The van der Waals surface area contributed by atoms with Crippen molar-refractivity contribution in [3.8, 4) is 17.2 Å². The van der Waals surface area contributed by atoms with Crippen LogP contribution in [0.1, 0.15) is 40.4 Å². The summed E-state index contributed by atoms with van der Waals surface area (Å²) in [7, 11) is 4.99. The van der Waals surface area contributed by atoms with Gasteiger partial charge in [-0.1, -0.05) is 0 Å². The number of hydrogen-bond acceptors (Lipinski definition) is 6. The largest absolute Gasteiger partial charge is 0.497 e. The van der Waals surface area contributed by atoms with Gasteiger partial charge < -0.3 is 24.8 Å². The van der Waals surface area contributed by atoms with Crippen LogP contribution < -0.4 is 24.8 Å². The van der Waals surface area contributed by atoms with E-state index in [2.05, 4.69) is 27.7 Å². The van der Waals surface area contributed by atoms with Crippen molar-refractivity contribution in [1.29, 1.82) is 0 Å². The molecule has 2 heterocycles. The van der Waals surface area contributed by atoms with Gasteiger partial charge in [0, 0.05) is 42.1 Å². The van der Waals surface area contributed by atoms with E-state index in [9.17, 15) is 4.79 Å². The first-order valence-electron chi connectivity index (χ1n) is 12.4. The van der Waals surface area contributed by atoms with Gasteiger partial charge in [0.15, 0.2) is 11.5 Å². The van der Waals surface area contributed by atoms with Gasteiger partial charge in [0.05, 0.1) is 21.3 Å². The summed E-state index contributed by atoms with van der Waals surface area (Å²) in [6.07, 6.45) is 3.15. The lowest BCUT2D eigenvalue weighted by atomic mass is 9.84. The molecule has 2 aliphatic rings. The number of nitrogens with zero attached hydrogens (tertiary/aromatic N) is 1. The first-order chi connectivity index (χ1) is 17.6. The molecular weight excluding hydrogens is 454 g/mol. The number of nitrogens with one attached hydrogen (secondary N) is 2. The number of fused-ring (bicyclic) bond motifs is 3. The summed E-state index contributed by atoms with van der Waals surface area (Å²) < 4.78 is 16.3. The van der Waals surface area contributed by atoms with Gasteiger partial charge in [0.2, 0.25) is 0 Å². The van der Waals surface area contributed by atoms with Crippen LogP contribution in [0.5, 0.6) is 17.2 Å². The molecule has 2 atom stereocenters. The minimum Gasteiger partial charge on any atom is -0.497 e. The topological polar surface area (TPSA) is 72.1 Å². The highest BCUT2D eigenvalue weighted by molar-refractivity contribution is 6.04. The maximum Gasteiger partial charge on any atom is 0.255 e. The maximum absolute atomic E-state index is 12.5. The molecule has 0 saturated carbocycles. The molecule has 7 heteroatoms. The number of methoxy groups -OCH3 is 3. The molecule has 0 spiro atoms. The van der Waals surface area contributed by atoms with Crippen LogP contribution in [0.4, 0.5) is 11.4 Å². The Morgan fingerprint density at radius 3 is 2.25 bits per heavy atom. The molecule has 1 fully saturated rings. The third-order valence-corrected chi connectivity index (χ3v) is 7.25. The van der Waals surface area contributed by atoms with Gasteiger partial charge in [-0.25, -0.2) is 0 Å². The van der Waals surface area contributed by atoms with E-state index in [1.165, 1.54) is 11.1 Å². The fourth-order valence-corrected chi connectivity index (χ4v) is 5.30. The highest BCUT2D eigenvalue weighted by Crippen LogP contribution is 2.42. The standard InChI is InChI=1S/C29H33N3O4/c1-34-24-10-4-19(5-11-24)29(33)31-22-8-6-21(7-9-22)30-23-13-15-32-14-12-20-16-27(35-2)28(36-3)18-25(20)26(32)17-23/h4-11,16,18,23,26,30H,12-15,17H2,1-3H3,(H,31,33). The van der Waals surface area contributed by atoms with E-state index in [0.717, 1.165) is 61.0 Å². The monoisotopic (exact) mass is 487 g/mol. The van der Waals surface area contributed by atoms with Crippen molar-refractivity contribution in [3.05, 3.63) is 77.4 Å². The molecule has 0 bridgehead atoms. The molecule has 2 N–H and O–H groups in total. The quantitative estimate of drug-likeness (QED) is 0.481. The molecule has 0 aromatic heterocycles. The molecule has 36 heavy (non-hydrogen) atoms. The number of carbonyl (C=O) groups excluding carboxylic acids is 1. The van der Waals surface area contributed by atoms with Gasteiger partial charge >= 0.3 is 0 Å². The molecule has 0 aliphatic carbocycles. The normalized spacial score (nSPS) is 19.0. The van der Waals surface area contributed by atoms with Gasteiger partial charge in [-0.15, -0.1) is 0 Å². The van der Waals surface area contributed by atoms with E-state index in [-0.39, 0.29) is 5.91 Å². The first-order valence-corrected chi connectivity index (χ1v) is 12.4. The number of piperidine rings is 1. The summed E-state index contributed by atoms with van der Waals surface area (Å²) >= 11 is 0. The molecule has 5 rings (SSSR count). The zero-order valence-electron chi connectivity index (χ0n) is 21.0. The number of carbonyl (C=O) groups is 1. The van der Waals surface area contributed by atoms with E-state index in [4.69, 9.17) is 14.2 Å². The Hall–Kier alpha value is -3.71. The smallest absolute Gasteiger partial charge is 0.255 e. The predicted octanol–water partition coefficient (Wildman–Crippen LogP) is 5.14. The minimum atomic E-state index is -0.145. The van der Waals surface area contributed by atoms with Crippen molar-refractivity contribution in [1.82, 2.24) is 4.90 Å². The van der Waals surface area contributed by atoms with Gasteiger partial charge in [-0.05, 0) is 91.1 Å². The average Bonchev–Trinajstić information content (AvgIpc) is 2.93. The Labute approximate surface area is 212 Å². The van der Waals surface area contributed by atoms with Crippen molar-refractivity contribution < 1.29 is 19.0 Å². The summed E-state index contributed by atoms with van der Waals surface area (Å²) in [6.45, 7) is 2.13. The Morgan fingerprint density at radius 2 is 1.56 bits per heavy atom. The van der Waals surface area contributed by atoms with E-state index in [0.29, 0.717) is 17.6 Å². The van der Waals surface area contributed by atoms with Crippen molar-refractivity contribution in [2.24, 2.45) is 0 Å². The SMILES string of the molecule is COc1ccc(C(=O)Nc2ccc(NC3CCN4CCc5cc(OC)c(OC)cc5C4C3)cc2)cc1. The Balaban J connectivity index is 1.23. The molecule has 2 aliphatic heterocycles. The zero-order valence-corrected chi connectivity index (χ0v) is 21.0. The van der Waals surface area contributed by atoms with Gasteiger partial charge in [-0.3, -0.25) is 9.69 Å². The molecule has 3 aromatic carbocycles. The third kappa shape index (κ3) is 4.97. The van der Waals surface area contributed by atoms with Crippen LogP contribution in [0.15, 0.2) is 60.7 Å². The first kappa shape index (κ1) is 24.0. The molecule has 188 valence electrons. The fourth-order valence-electron chi connectivity index (χ4n) is 5.30. The zero-order chi connectivity index (χ0) is 25.1. The van der Waals surface area contributed by atoms with Crippen molar-refractivity contribution in [2.75, 3.05) is 45.1 Å². The summed E-state index contributed by atoms with van der Waals surface area (Å²) in [6, 6.07) is 20.0. The lowest BCUT2D eigenvalue weighted by Gasteiger charge is -2.44. The minimum absolute atomic E-state index is 0.145. The Morgan fingerprint density at radius 1 is 0.861 bits per heavy atom. The second kappa shape index (κ2) is 10.5. The summed E-state index contributed by atoms with van der Waals surface area (Å²) in [5.41, 5.74) is 5.11. The number of benzene rings is 3. The van der Waals surface area contributed by atoms with Crippen molar-refractivity contribution in [2.45, 2.75) is 31.3 Å². The third-order valence-electron chi connectivity index (χ3n) is 7.25. The van der Waals surface area contributed by atoms with Crippen LogP contribution in [-0.2, 0) is 6.42 Å². The molecule has 2 unspecified atom stereocenters.